The first-order valence-corrected chi connectivity index (χ1v) is 5.33. The van der Waals surface area contributed by atoms with Crippen LogP contribution in [0.3, 0.4) is 0 Å². The summed E-state index contributed by atoms with van der Waals surface area (Å²) in [6, 6.07) is 10.8. The molecule has 1 aromatic carbocycles. The highest BCUT2D eigenvalue weighted by Crippen LogP contribution is 2.18. The Balaban J connectivity index is 0.00000106. The van der Waals surface area contributed by atoms with Crippen molar-refractivity contribution in [3.05, 3.63) is 29.8 Å². The van der Waals surface area contributed by atoms with Crippen molar-refractivity contribution in [3.63, 3.8) is 0 Å². The molecule has 0 atom stereocenters. The fourth-order valence-electron chi connectivity index (χ4n) is 1.10. The SMILES string of the molecule is CC.CCOc1ccc(C(C#N)C#N)cc1. The number of benzene rings is 1. The Hall–Kier alpha value is -2.00. The van der Waals surface area contributed by atoms with Crippen molar-refractivity contribution in [3.8, 4) is 17.9 Å². The zero-order valence-corrected chi connectivity index (χ0v) is 9.90. The molecule has 0 aromatic heterocycles. The van der Waals surface area contributed by atoms with Gasteiger partial charge < -0.3 is 4.74 Å². The van der Waals surface area contributed by atoms with Crippen molar-refractivity contribution in [2.45, 2.75) is 26.7 Å². The van der Waals surface area contributed by atoms with Crippen LogP contribution in [0.4, 0.5) is 0 Å². The fourth-order valence-corrected chi connectivity index (χ4v) is 1.10. The third-order valence-electron chi connectivity index (χ3n) is 1.78. The number of nitrogens with zero attached hydrogens (tertiary/aromatic N) is 2. The zero-order valence-electron chi connectivity index (χ0n) is 9.90. The second kappa shape index (κ2) is 8.32. The highest BCUT2D eigenvalue weighted by Gasteiger charge is 2.07. The quantitative estimate of drug-likeness (QED) is 0.779. The van der Waals surface area contributed by atoms with E-state index in [0.29, 0.717) is 12.2 Å². The van der Waals surface area contributed by atoms with E-state index in [9.17, 15) is 0 Å². The third-order valence-corrected chi connectivity index (χ3v) is 1.78. The lowest BCUT2D eigenvalue weighted by Crippen LogP contribution is -1.94. The number of nitriles is 2. The van der Waals surface area contributed by atoms with Crippen LogP contribution in [-0.2, 0) is 0 Å². The minimum atomic E-state index is -0.689. The molecule has 84 valence electrons. The highest BCUT2D eigenvalue weighted by molar-refractivity contribution is 5.35. The molecule has 0 saturated heterocycles. The van der Waals surface area contributed by atoms with E-state index in [1.807, 2.05) is 32.9 Å². The van der Waals surface area contributed by atoms with E-state index in [4.69, 9.17) is 15.3 Å². The fraction of sp³-hybridized carbons (Fsp3) is 0.385. The molecule has 0 amide bonds. The molecule has 0 N–H and O–H groups in total. The Bertz CT molecular complexity index is 356. The molecule has 0 radical (unpaired) electrons. The van der Waals surface area contributed by atoms with Crippen LogP contribution in [0.15, 0.2) is 24.3 Å². The average Bonchev–Trinajstić information content (AvgIpc) is 2.36. The second-order valence-corrected chi connectivity index (χ2v) is 2.69. The summed E-state index contributed by atoms with van der Waals surface area (Å²) in [5, 5.41) is 17.3. The normalized spacial score (nSPS) is 8.38. The van der Waals surface area contributed by atoms with Gasteiger partial charge in [0.25, 0.3) is 0 Å². The first-order chi connectivity index (χ1) is 7.81. The lowest BCUT2D eigenvalue weighted by atomic mass is 10.0. The number of rotatable bonds is 3. The average molecular weight is 216 g/mol. The molecule has 1 rings (SSSR count). The van der Waals surface area contributed by atoms with E-state index in [1.165, 1.54) is 0 Å². The maximum Gasteiger partial charge on any atom is 0.158 e. The van der Waals surface area contributed by atoms with Crippen molar-refractivity contribution < 1.29 is 4.74 Å². The van der Waals surface area contributed by atoms with Crippen molar-refractivity contribution in [2.75, 3.05) is 6.61 Å². The summed E-state index contributed by atoms with van der Waals surface area (Å²) in [7, 11) is 0. The van der Waals surface area contributed by atoms with E-state index in [1.54, 1.807) is 24.3 Å². The Labute approximate surface area is 96.9 Å². The molecular formula is C13H16N2O. The summed E-state index contributed by atoms with van der Waals surface area (Å²) in [6.45, 7) is 6.51. The molecule has 0 bridgehead atoms. The van der Waals surface area contributed by atoms with E-state index < -0.39 is 5.92 Å². The Morgan fingerprint density at radius 1 is 1.12 bits per heavy atom. The van der Waals surface area contributed by atoms with Crippen molar-refractivity contribution in [1.82, 2.24) is 0 Å². The van der Waals surface area contributed by atoms with Crippen molar-refractivity contribution >= 4 is 0 Å². The monoisotopic (exact) mass is 216 g/mol. The maximum atomic E-state index is 8.65. The topological polar surface area (TPSA) is 56.8 Å². The van der Waals surface area contributed by atoms with Crippen LogP contribution in [0.25, 0.3) is 0 Å². The summed E-state index contributed by atoms with van der Waals surface area (Å²) in [6.07, 6.45) is 0. The van der Waals surface area contributed by atoms with Gasteiger partial charge in [-0.1, -0.05) is 26.0 Å². The van der Waals surface area contributed by atoms with Crippen LogP contribution in [0.1, 0.15) is 32.3 Å². The predicted molar refractivity (Wildman–Crippen MR) is 62.9 cm³/mol. The molecule has 3 nitrogen and oxygen atoms in total. The van der Waals surface area contributed by atoms with Crippen molar-refractivity contribution in [1.29, 1.82) is 10.5 Å². The first kappa shape index (κ1) is 14.0. The lowest BCUT2D eigenvalue weighted by Gasteiger charge is -2.04. The smallest absolute Gasteiger partial charge is 0.158 e. The molecule has 16 heavy (non-hydrogen) atoms. The van der Waals surface area contributed by atoms with Crippen LogP contribution in [-0.4, -0.2) is 6.61 Å². The van der Waals surface area contributed by atoms with Gasteiger partial charge in [0, 0.05) is 0 Å². The van der Waals surface area contributed by atoms with Gasteiger partial charge in [0.1, 0.15) is 5.75 Å². The van der Waals surface area contributed by atoms with Gasteiger partial charge in [-0.05, 0) is 24.6 Å². The standard InChI is InChI=1S/C11H10N2O.C2H6/c1-2-14-11-5-3-9(4-6-11)10(7-12)8-13;1-2/h3-6,10H,2H2,1H3;1-2H3. The van der Waals surface area contributed by atoms with Crippen LogP contribution >= 0.6 is 0 Å². The first-order valence-electron chi connectivity index (χ1n) is 5.33. The molecule has 0 unspecified atom stereocenters. The van der Waals surface area contributed by atoms with Gasteiger partial charge in [-0.2, -0.15) is 10.5 Å². The van der Waals surface area contributed by atoms with E-state index in [0.717, 1.165) is 5.75 Å². The molecule has 0 fully saturated rings. The molecule has 0 spiro atoms. The molecule has 0 aliphatic rings. The lowest BCUT2D eigenvalue weighted by molar-refractivity contribution is 0.340. The van der Waals surface area contributed by atoms with E-state index in [-0.39, 0.29) is 0 Å². The third kappa shape index (κ3) is 4.02. The molecule has 0 saturated carbocycles. The summed E-state index contributed by atoms with van der Waals surface area (Å²) >= 11 is 0. The Kier molecular flexibility index (Phi) is 7.28. The molecule has 0 heterocycles. The van der Waals surface area contributed by atoms with Gasteiger partial charge in [-0.15, -0.1) is 0 Å². The molecule has 1 aromatic rings. The van der Waals surface area contributed by atoms with Gasteiger partial charge in [0.15, 0.2) is 5.92 Å². The second-order valence-electron chi connectivity index (χ2n) is 2.69. The van der Waals surface area contributed by atoms with Crippen LogP contribution < -0.4 is 4.74 Å². The Morgan fingerprint density at radius 2 is 1.62 bits per heavy atom. The van der Waals surface area contributed by atoms with Gasteiger partial charge in [-0.3, -0.25) is 0 Å². The molecular weight excluding hydrogens is 200 g/mol. The summed E-state index contributed by atoms with van der Waals surface area (Å²) in [5.41, 5.74) is 0.707. The zero-order chi connectivity index (χ0) is 12.4. The molecule has 0 aliphatic heterocycles. The van der Waals surface area contributed by atoms with Crippen LogP contribution in [0.2, 0.25) is 0 Å². The summed E-state index contributed by atoms with van der Waals surface area (Å²) in [5.74, 6) is 0.0663. The summed E-state index contributed by atoms with van der Waals surface area (Å²) in [4.78, 5) is 0. The minimum Gasteiger partial charge on any atom is -0.494 e. The van der Waals surface area contributed by atoms with Crippen LogP contribution in [0, 0.1) is 22.7 Å². The van der Waals surface area contributed by atoms with Crippen LogP contribution in [0.5, 0.6) is 5.75 Å². The number of hydrogen-bond acceptors (Lipinski definition) is 3. The predicted octanol–water partition coefficient (Wildman–Crippen LogP) is 3.24. The molecule has 0 aliphatic carbocycles. The largest absolute Gasteiger partial charge is 0.494 e. The minimum absolute atomic E-state index is 0.610. The number of hydrogen-bond donors (Lipinski definition) is 0. The highest BCUT2D eigenvalue weighted by atomic mass is 16.5. The summed E-state index contributed by atoms with van der Waals surface area (Å²) < 4.78 is 5.24. The van der Waals surface area contributed by atoms with Gasteiger partial charge in [-0.25, -0.2) is 0 Å². The van der Waals surface area contributed by atoms with E-state index in [2.05, 4.69) is 0 Å². The van der Waals surface area contributed by atoms with Crippen molar-refractivity contribution in [2.24, 2.45) is 0 Å². The maximum absolute atomic E-state index is 8.65. The van der Waals surface area contributed by atoms with Gasteiger partial charge in [0.05, 0.1) is 18.7 Å². The van der Waals surface area contributed by atoms with Gasteiger partial charge in [0.2, 0.25) is 0 Å². The van der Waals surface area contributed by atoms with Gasteiger partial charge >= 0.3 is 0 Å². The Morgan fingerprint density at radius 3 is 2.00 bits per heavy atom. The number of ether oxygens (including phenoxy) is 1. The van der Waals surface area contributed by atoms with E-state index >= 15 is 0 Å². The molecule has 3 heteroatoms.